The number of hydrogen-bond donors (Lipinski definition) is 3. The van der Waals surface area contributed by atoms with Gasteiger partial charge in [0, 0.05) is 30.5 Å². The summed E-state index contributed by atoms with van der Waals surface area (Å²) in [6.45, 7) is 1.04. The van der Waals surface area contributed by atoms with Gasteiger partial charge in [-0.15, -0.1) is 0 Å². The predicted octanol–water partition coefficient (Wildman–Crippen LogP) is 2.01. The average molecular weight is 429 g/mol. The fourth-order valence-corrected chi connectivity index (χ4v) is 3.01. The quantitative estimate of drug-likeness (QED) is 0.226. The van der Waals surface area contributed by atoms with Gasteiger partial charge in [-0.1, -0.05) is 30.3 Å². The van der Waals surface area contributed by atoms with Crippen molar-refractivity contribution in [3.8, 4) is 0 Å². The van der Waals surface area contributed by atoms with Gasteiger partial charge in [0.1, 0.15) is 6.61 Å². The maximum absolute atomic E-state index is 12.6. The lowest BCUT2D eigenvalue weighted by atomic mass is 9.92. The molecule has 0 aliphatic carbocycles. The zero-order valence-electron chi connectivity index (χ0n) is 16.8. The molecule has 0 saturated carbocycles. The minimum Gasteiger partial charge on any atom is -0.464 e. The molecule has 0 bridgehead atoms. The Kier molecular flexibility index (Phi) is 8.64. The number of carbonyl (C=O) groups is 3. The van der Waals surface area contributed by atoms with Crippen LogP contribution in [0.2, 0.25) is 0 Å². The highest BCUT2D eigenvalue weighted by Crippen LogP contribution is 2.17. The number of nitrogens with one attached hydrogen (secondary N) is 2. The first kappa shape index (κ1) is 23.5. The van der Waals surface area contributed by atoms with Crippen LogP contribution in [0.3, 0.4) is 0 Å². The number of carbonyl (C=O) groups excluding carboxylic acids is 3. The Hall–Kier alpha value is -3.79. The second kappa shape index (κ2) is 11.4. The van der Waals surface area contributed by atoms with Gasteiger partial charge in [0.05, 0.1) is 11.0 Å². The number of ether oxygens (including phenoxy) is 1. The number of amides is 2. The third-order valence-electron chi connectivity index (χ3n) is 4.54. The molecule has 0 saturated heterocycles. The van der Waals surface area contributed by atoms with Gasteiger partial charge in [0.15, 0.2) is 0 Å². The Morgan fingerprint density at radius 2 is 1.74 bits per heavy atom. The molecule has 0 spiro atoms. The van der Waals surface area contributed by atoms with Crippen LogP contribution in [0.15, 0.2) is 54.6 Å². The van der Waals surface area contributed by atoms with E-state index < -0.39 is 34.7 Å². The lowest BCUT2D eigenvalue weighted by Gasteiger charge is -2.23. The molecule has 0 aromatic heterocycles. The van der Waals surface area contributed by atoms with Gasteiger partial charge >= 0.3 is 5.97 Å². The molecule has 0 fully saturated rings. The van der Waals surface area contributed by atoms with E-state index in [1.807, 2.05) is 30.3 Å². The number of hydrogen-bond acceptors (Lipinski definition) is 7. The largest absolute Gasteiger partial charge is 0.464 e. The monoisotopic (exact) mass is 429 g/mol. The van der Waals surface area contributed by atoms with Crippen molar-refractivity contribution >= 4 is 23.5 Å². The summed E-state index contributed by atoms with van der Waals surface area (Å²) in [6.07, 6.45) is 0.366. The van der Waals surface area contributed by atoms with Gasteiger partial charge in [0.25, 0.3) is 11.6 Å². The number of nitro groups is 1. The van der Waals surface area contributed by atoms with E-state index >= 15 is 0 Å². The third kappa shape index (κ3) is 7.52. The van der Waals surface area contributed by atoms with E-state index in [4.69, 9.17) is 9.94 Å². The van der Waals surface area contributed by atoms with E-state index in [-0.39, 0.29) is 30.7 Å². The molecule has 0 aliphatic heterocycles. The Labute approximate surface area is 178 Å². The third-order valence-corrected chi connectivity index (χ3v) is 4.54. The molecule has 0 radical (unpaired) electrons. The number of esters is 1. The topological polar surface area (TPSA) is 148 Å². The maximum atomic E-state index is 12.6. The van der Waals surface area contributed by atoms with E-state index in [0.29, 0.717) is 0 Å². The van der Waals surface area contributed by atoms with E-state index in [1.54, 1.807) is 5.48 Å². The smallest absolute Gasteiger partial charge is 0.302 e. The van der Waals surface area contributed by atoms with Crippen LogP contribution in [-0.4, -0.2) is 40.6 Å². The molecule has 2 amide bonds. The summed E-state index contributed by atoms with van der Waals surface area (Å²) in [5.74, 6) is -2.46. The molecular formula is C21H23N3O7. The van der Waals surface area contributed by atoms with Gasteiger partial charge < -0.3 is 10.1 Å². The van der Waals surface area contributed by atoms with Crippen LogP contribution < -0.4 is 10.8 Å². The molecule has 0 heterocycles. The van der Waals surface area contributed by atoms with Crippen molar-refractivity contribution in [2.75, 3.05) is 6.61 Å². The first-order valence-corrected chi connectivity index (χ1v) is 9.46. The van der Waals surface area contributed by atoms with Crippen molar-refractivity contribution in [1.82, 2.24) is 10.8 Å². The van der Waals surface area contributed by atoms with Crippen molar-refractivity contribution < 1.29 is 29.3 Å². The summed E-state index contributed by atoms with van der Waals surface area (Å²) in [7, 11) is 0. The van der Waals surface area contributed by atoms with Crippen molar-refractivity contribution in [3.63, 3.8) is 0 Å². The van der Waals surface area contributed by atoms with E-state index in [1.165, 1.54) is 31.2 Å². The number of nitrogens with zero attached hydrogens (tertiary/aromatic N) is 1. The van der Waals surface area contributed by atoms with Crippen LogP contribution in [-0.2, 0) is 20.7 Å². The first-order chi connectivity index (χ1) is 14.8. The summed E-state index contributed by atoms with van der Waals surface area (Å²) in [6, 6.07) is 13.4. The van der Waals surface area contributed by atoms with Gasteiger partial charge in [-0.05, 0) is 30.5 Å². The summed E-state index contributed by atoms with van der Waals surface area (Å²) in [5.41, 5.74) is 2.50. The van der Waals surface area contributed by atoms with Crippen molar-refractivity contribution in [2.45, 2.75) is 25.8 Å². The lowest BCUT2D eigenvalue weighted by Crippen LogP contribution is -2.43. The summed E-state index contributed by atoms with van der Waals surface area (Å²) in [4.78, 5) is 46.2. The predicted molar refractivity (Wildman–Crippen MR) is 109 cm³/mol. The molecule has 2 atom stereocenters. The fourth-order valence-electron chi connectivity index (χ4n) is 3.01. The second-order valence-corrected chi connectivity index (χ2v) is 6.88. The van der Waals surface area contributed by atoms with Gasteiger partial charge in [-0.3, -0.25) is 29.7 Å². The number of benzene rings is 2. The highest BCUT2D eigenvalue weighted by atomic mass is 16.6. The van der Waals surface area contributed by atoms with Crippen LogP contribution in [0.5, 0.6) is 0 Å². The molecular weight excluding hydrogens is 406 g/mol. The molecule has 31 heavy (non-hydrogen) atoms. The van der Waals surface area contributed by atoms with E-state index in [0.717, 1.165) is 5.56 Å². The zero-order valence-corrected chi connectivity index (χ0v) is 16.8. The minimum absolute atomic E-state index is 0.0767. The molecule has 10 nitrogen and oxygen atoms in total. The Morgan fingerprint density at radius 1 is 1.10 bits per heavy atom. The van der Waals surface area contributed by atoms with Crippen LogP contribution in [0.4, 0.5) is 5.69 Å². The van der Waals surface area contributed by atoms with Crippen molar-refractivity contribution in [2.24, 2.45) is 5.92 Å². The molecule has 2 rings (SSSR count). The van der Waals surface area contributed by atoms with Crippen LogP contribution in [0, 0.1) is 16.0 Å². The maximum Gasteiger partial charge on any atom is 0.302 e. The van der Waals surface area contributed by atoms with E-state index in [9.17, 15) is 24.5 Å². The highest BCUT2D eigenvalue weighted by molar-refractivity contribution is 5.94. The summed E-state index contributed by atoms with van der Waals surface area (Å²) < 4.78 is 5.02. The molecule has 3 N–H and O–H groups in total. The number of non-ortho nitro benzene ring substituents is 1. The molecule has 0 aliphatic rings. The summed E-state index contributed by atoms with van der Waals surface area (Å²) >= 11 is 0. The van der Waals surface area contributed by atoms with Crippen LogP contribution in [0.25, 0.3) is 0 Å². The van der Waals surface area contributed by atoms with Crippen molar-refractivity contribution in [1.29, 1.82) is 0 Å². The fraction of sp³-hybridized carbons (Fsp3) is 0.286. The minimum atomic E-state index is -0.738. The molecule has 2 aromatic rings. The number of rotatable bonds is 10. The van der Waals surface area contributed by atoms with Crippen LogP contribution in [0.1, 0.15) is 29.3 Å². The van der Waals surface area contributed by atoms with E-state index in [2.05, 4.69) is 5.32 Å². The Bertz CT molecular complexity index is 916. The Balaban J connectivity index is 2.16. The van der Waals surface area contributed by atoms with Gasteiger partial charge in [-0.25, -0.2) is 5.48 Å². The van der Waals surface area contributed by atoms with Gasteiger partial charge in [0.2, 0.25) is 5.91 Å². The average Bonchev–Trinajstić information content (AvgIpc) is 2.77. The molecule has 10 heteroatoms. The SMILES string of the molecule is CC(=O)OC[C@H](C[C@H](Cc1ccccc1)C(=O)NO)NC(=O)c1ccc([N+](=O)[O-])cc1. The van der Waals surface area contributed by atoms with Gasteiger partial charge in [-0.2, -0.15) is 0 Å². The normalized spacial score (nSPS) is 12.3. The molecule has 164 valence electrons. The first-order valence-electron chi connectivity index (χ1n) is 9.46. The standard InChI is InChI=1S/C21H23N3O7/c1-14(25)31-13-18(22-20(26)16-7-9-19(10-8-16)24(29)30)12-17(21(27)23-28)11-15-5-3-2-4-6-15/h2-10,17-18,28H,11-13H2,1H3,(H,22,26)(H,23,27)/t17-,18-/m0/s1. The second-order valence-electron chi connectivity index (χ2n) is 6.88. The number of hydroxylamine groups is 1. The number of nitro benzene ring substituents is 1. The molecule has 0 unspecified atom stereocenters. The lowest BCUT2D eigenvalue weighted by molar-refractivity contribution is -0.384. The van der Waals surface area contributed by atoms with Crippen LogP contribution >= 0.6 is 0 Å². The highest BCUT2D eigenvalue weighted by Gasteiger charge is 2.26. The summed E-state index contributed by atoms with van der Waals surface area (Å²) in [5, 5.41) is 22.6. The van der Waals surface area contributed by atoms with Crippen molar-refractivity contribution in [3.05, 3.63) is 75.8 Å². The zero-order chi connectivity index (χ0) is 22.8. The Morgan fingerprint density at radius 3 is 2.29 bits per heavy atom. The molecule has 2 aromatic carbocycles.